The van der Waals surface area contributed by atoms with Crippen LogP contribution in [-0.4, -0.2) is 24.2 Å². The van der Waals surface area contributed by atoms with E-state index >= 15 is 0 Å². The number of ether oxygens (including phenoxy) is 1. The van der Waals surface area contributed by atoms with Gasteiger partial charge in [-0.15, -0.1) is 0 Å². The Morgan fingerprint density at radius 2 is 1.95 bits per heavy atom. The second-order valence-corrected chi connectivity index (χ2v) is 4.20. The minimum absolute atomic E-state index is 0.0606. The Kier molecular flexibility index (Phi) is 4.71. The van der Waals surface area contributed by atoms with Gasteiger partial charge in [0.1, 0.15) is 29.6 Å². The van der Waals surface area contributed by atoms with Crippen molar-refractivity contribution in [2.75, 3.05) is 18.5 Å². The molecule has 2 rings (SSSR count). The summed E-state index contributed by atoms with van der Waals surface area (Å²) >= 11 is 0. The lowest BCUT2D eigenvalue weighted by molar-refractivity contribution is 0.0692. The van der Waals surface area contributed by atoms with Crippen molar-refractivity contribution in [1.29, 1.82) is 0 Å². The van der Waals surface area contributed by atoms with Crippen LogP contribution in [0.3, 0.4) is 0 Å². The fourth-order valence-corrected chi connectivity index (χ4v) is 1.75. The van der Waals surface area contributed by atoms with Gasteiger partial charge in [-0.05, 0) is 24.3 Å². The van der Waals surface area contributed by atoms with Crippen LogP contribution in [0.4, 0.5) is 14.5 Å². The molecule has 0 aliphatic rings. The smallest absolute Gasteiger partial charge is 0.339 e. The van der Waals surface area contributed by atoms with Gasteiger partial charge in [-0.3, -0.25) is 0 Å². The first-order chi connectivity index (χ1) is 10.1. The van der Waals surface area contributed by atoms with Gasteiger partial charge in [0.15, 0.2) is 0 Å². The van der Waals surface area contributed by atoms with Crippen LogP contribution >= 0.6 is 0 Å². The van der Waals surface area contributed by atoms with Gasteiger partial charge in [0.2, 0.25) is 0 Å². The highest BCUT2D eigenvalue weighted by Gasteiger charge is 2.09. The molecular weight excluding hydrogens is 280 g/mol. The molecule has 0 aliphatic carbocycles. The van der Waals surface area contributed by atoms with E-state index in [1.54, 1.807) is 18.2 Å². The van der Waals surface area contributed by atoms with Crippen molar-refractivity contribution in [2.24, 2.45) is 0 Å². The highest BCUT2D eigenvalue weighted by atomic mass is 19.1. The number of carbonyl (C=O) groups is 1. The van der Waals surface area contributed by atoms with Crippen LogP contribution < -0.4 is 10.1 Å². The minimum atomic E-state index is -1.08. The zero-order valence-electron chi connectivity index (χ0n) is 11.0. The third-order valence-electron chi connectivity index (χ3n) is 2.72. The SMILES string of the molecule is O=C(O)c1ccccc1OCCNc1ccc(F)cc1F. The van der Waals surface area contributed by atoms with E-state index in [1.165, 1.54) is 12.1 Å². The second-order valence-electron chi connectivity index (χ2n) is 4.20. The Bertz CT molecular complexity index is 647. The number of hydrogen-bond donors (Lipinski definition) is 2. The van der Waals surface area contributed by atoms with Crippen molar-refractivity contribution < 1.29 is 23.4 Å². The molecule has 2 aromatic carbocycles. The monoisotopic (exact) mass is 293 g/mol. The average Bonchev–Trinajstić information content (AvgIpc) is 2.45. The molecule has 0 saturated heterocycles. The molecule has 0 unspecified atom stereocenters. The molecule has 0 saturated carbocycles. The Labute approximate surface area is 120 Å². The van der Waals surface area contributed by atoms with Crippen LogP contribution in [0.15, 0.2) is 42.5 Å². The first-order valence-electron chi connectivity index (χ1n) is 6.22. The third kappa shape index (κ3) is 3.92. The molecule has 110 valence electrons. The second kappa shape index (κ2) is 6.69. The van der Waals surface area contributed by atoms with E-state index in [-0.39, 0.29) is 30.2 Å². The molecule has 6 heteroatoms. The normalized spacial score (nSPS) is 10.2. The lowest BCUT2D eigenvalue weighted by Gasteiger charge is -2.11. The summed E-state index contributed by atoms with van der Waals surface area (Å²) < 4.78 is 31.4. The molecule has 2 N–H and O–H groups in total. The predicted molar refractivity (Wildman–Crippen MR) is 73.7 cm³/mol. The van der Waals surface area contributed by atoms with Gasteiger partial charge in [-0.25, -0.2) is 13.6 Å². The van der Waals surface area contributed by atoms with E-state index in [4.69, 9.17) is 9.84 Å². The number of nitrogens with one attached hydrogen (secondary N) is 1. The number of benzene rings is 2. The van der Waals surface area contributed by atoms with Gasteiger partial charge in [-0.1, -0.05) is 12.1 Å². The zero-order valence-corrected chi connectivity index (χ0v) is 11.0. The number of carboxylic acid groups (broad SMARTS) is 1. The van der Waals surface area contributed by atoms with Crippen LogP contribution in [0.2, 0.25) is 0 Å². The van der Waals surface area contributed by atoms with E-state index in [0.717, 1.165) is 12.1 Å². The topological polar surface area (TPSA) is 58.6 Å². The van der Waals surface area contributed by atoms with Crippen LogP contribution in [0.5, 0.6) is 5.75 Å². The Hall–Kier alpha value is -2.63. The van der Waals surface area contributed by atoms with E-state index < -0.39 is 17.6 Å². The first kappa shape index (κ1) is 14.8. The van der Waals surface area contributed by atoms with Crippen molar-refractivity contribution in [1.82, 2.24) is 0 Å². The number of para-hydroxylation sites is 1. The molecule has 0 aliphatic heterocycles. The quantitative estimate of drug-likeness (QED) is 0.803. The molecule has 0 spiro atoms. The summed E-state index contributed by atoms with van der Waals surface area (Å²) in [6, 6.07) is 9.45. The standard InChI is InChI=1S/C15H13F2NO3/c16-10-5-6-13(12(17)9-10)18-7-8-21-14-4-2-1-3-11(14)15(19)20/h1-6,9,18H,7-8H2,(H,19,20). The maximum atomic E-state index is 13.3. The molecule has 2 aromatic rings. The van der Waals surface area contributed by atoms with E-state index in [2.05, 4.69) is 5.32 Å². The van der Waals surface area contributed by atoms with E-state index in [9.17, 15) is 13.6 Å². The van der Waals surface area contributed by atoms with Gasteiger partial charge in [0, 0.05) is 12.6 Å². The van der Waals surface area contributed by atoms with Gasteiger partial charge >= 0.3 is 5.97 Å². The highest BCUT2D eigenvalue weighted by molar-refractivity contribution is 5.90. The summed E-state index contributed by atoms with van der Waals surface area (Å²) in [5.41, 5.74) is 0.219. The number of anilines is 1. The van der Waals surface area contributed by atoms with E-state index in [0.29, 0.717) is 0 Å². The Morgan fingerprint density at radius 1 is 1.19 bits per heavy atom. The molecule has 21 heavy (non-hydrogen) atoms. The lowest BCUT2D eigenvalue weighted by atomic mass is 10.2. The predicted octanol–water partition coefficient (Wildman–Crippen LogP) is 3.15. The molecule has 4 nitrogen and oxygen atoms in total. The molecular formula is C15H13F2NO3. The summed E-state index contributed by atoms with van der Waals surface area (Å²) in [4.78, 5) is 11.0. The largest absolute Gasteiger partial charge is 0.491 e. The highest BCUT2D eigenvalue weighted by Crippen LogP contribution is 2.18. The maximum absolute atomic E-state index is 13.3. The fraction of sp³-hybridized carbons (Fsp3) is 0.133. The maximum Gasteiger partial charge on any atom is 0.339 e. The molecule has 0 atom stereocenters. The van der Waals surface area contributed by atoms with E-state index in [1.807, 2.05) is 0 Å². The van der Waals surface area contributed by atoms with Gasteiger partial charge in [0.05, 0.1) is 5.69 Å². The molecule has 0 aromatic heterocycles. The van der Waals surface area contributed by atoms with Gasteiger partial charge in [0.25, 0.3) is 0 Å². The summed E-state index contributed by atoms with van der Waals surface area (Å²) in [6.45, 7) is 0.387. The third-order valence-corrected chi connectivity index (χ3v) is 2.72. The van der Waals surface area contributed by atoms with Crippen molar-refractivity contribution in [3.63, 3.8) is 0 Å². The first-order valence-corrected chi connectivity index (χ1v) is 6.22. The summed E-state index contributed by atoms with van der Waals surface area (Å²) in [5.74, 6) is -2.18. The summed E-state index contributed by atoms with van der Waals surface area (Å²) in [7, 11) is 0. The summed E-state index contributed by atoms with van der Waals surface area (Å²) in [6.07, 6.45) is 0. The van der Waals surface area contributed by atoms with Crippen molar-refractivity contribution in [2.45, 2.75) is 0 Å². The van der Waals surface area contributed by atoms with Crippen molar-refractivity contribution in [3.8, 4) is 5.75 Å². The van der Waals surface area contributed by atoms with Gasteiger partial charge < -0.3 is 15.2 Å². The van der Waals surface area contributed by atoms with Crippen LogP contribution in [0, 0.1) is 11.6 Å². The minimum Gasteiger partial charge on any atom is -0.491 e. The van der Waals surface area contributed by atoms with Crippen molar-refractivity contribution in [3.05, 3.63) is 59.7 Å². The Morgan fingerprint density at radius 3 is 2.67 bits per heavy atom. The number of hydrogen-bond acceptors (Lipinski definition) is 3. The number of rotatable bonds is 6. The number of carboxylic acids is 1. The molecule has 0 amide bonds. The molecule has 0 heterocycles. The Balaban J connectivity index is 1.89. The number of halogens is 2. The number of aromatic carboxylic acids is 1. The zero-order chi connectivity index (χ0) is 15.2. The average molecular weight is 293 g/mol. The van der Waals surface area contributed by atoms with Crippen molar-refractivity contribution >= 4 is 11.7 Å². The van der Waals surface area contributed by atoms with Crippen LogP contribution in [-0.2, 0) is 0 Å². The lowest BCUT2D eigenvalue weighted by Crippen LogP contribution is -2.13. The van der Waals surface area contributed by atoms with Crippen LogP contribution in [0.1, 0.15) is 10.4 Å². The molecule has 0 bridgehead atoms. The molecule has 0 fully saturated rings. The van der Waals surface area contributed by atoms with Crippen LogP contribution in [0.25, 0.3) is 0 Å². The molecule has 0 radical (unpaired) electrons. The summed E-state index contributed by atoms with van der Waals surface area (Å²) in [5, 5.41) is 11.7. The fourth-order valence-electron chi connectivity index (χ4n) is 1.75. The van der Waals surface area contributed by atoms with Gasteiger partial charge in [-0.2, -0.15) is 0 Å².